The van der Waals surface area contributed by atoms with E-state index in [4.69, 9.17) is 0 Å². The van der Waals surface area contributed by atoms with Crippen LogP contribution in [0, 0.1) is 11.3 Å². The number of carbonyl (C=O) groups excluding carboxylic acids is 1. The van der Waals surface area contributed by atoms with Gasteiger partial charge in [-0.05, 0) is 25.2 Å². The molecular weight excluding hydrogens is 242 g/mol. The number of nitrogens with zero attached hydrogens (tertiary/aromatic N) is 1. The Balaban J connectivity index is 2.71. The highest BCUT2D eigenvalue weighted by molar-refractivity contribution is 5.79. The maximum atomic E-state index is 12.2. The lowest BCUT2D eigenvalue weighted by molar-refractivity contribution is -0.155. The molecule has 19 heavy (non-hydrogen) atoms. The monoisotopic (exact) mass is 269 g/mol. The number of amides is 1. The van der Waals surface area contributed by atoms with E-state index in [0.29, 0.717) is 38.3 Å². The van der Waals surface area contributed by atoms with Crippen LogP contribution in [0.2, 0.25) is 0 Å². The summed E-state index contributed by atoms with van der Waals surface area (Å²) >= 11 is 0. The van der Waals surface area contributed by atoms with Gasteiger partial charge in [0.25, 0.3) is 0 Å². The lowest BCUT2D eigenvalue weighted by atomic mass is 9.76. The van der Waals surface area contributed by atoms with Gasteiger partial charge in [-0.15, -0.1) is 0 Å². The lowest BCUT2D eigenvalue weighted by Gasteiger charge is -2.40. The van der Waals surface area contributed by atoms with Crippen molar-refractivity contribution in [2.75, 3.05) is 13.1 Å². The van der Waals surface area contributed by atoms with E-state index in [2.05, 4.69) is 13.8 Å². The molecule has 2 unspecified atom stereocenters. The van der Waals surface area contributed by atoms with Gasteiger partial charge in [-0.25, -0.2) is 0 Å². The molecule has 4 nitrogen and oxygen atoms in total. The smallest absolute Gasteiger partial charge is 0.311 e. The van der Waals surface area contributed by atoms with Gasteiger partial charge in [0, 0.05) is 19.5 Å². The minimum absolute atomic E-state index is 0.121. The van der Waals surface area contributed by atoms with Crippen molar-refractivity contribution in [3.8, 4) is 0 Å². The van der Waals surface area contributed by atoms with Crippen molar-refractivity contribution in [2.45, 2.75) is 59.3 Å². The van der Waals surface area contributed by atoms with Crippen molar-refractivity contribution >= 4 is 11.9 Å². The van der Waals surface area contributed by atoms with Crippen LogP contribution in [0.25, 0.3) is 0 Å². The highest BCUT2D eigenvalue weighted by atomic mass is 16.4. The summed E-state index contributed by atoms with van der Waals surface area (Å²) in [5.74, 6) is -0.244. The maximum Gasteiger partial charge on any atom is 0.311 e. The summed E-state index contributed by atoms with van der Waals surface area (Å²) in [6.07, 6.45) is 4.54. The molecule has 1 rings (SSSR count). The fraction of sp³-hybridized carbons (Fsp3) is 0.867. The predicted molar refractivity (Wildman–Crippen MR) is 74.9 cm³/mol. The van der Waals surface area contributed by atoms with Gasteiger partial charge in [0.05, 0.1) is 5.41 Å². The third kappa shape index (κ3) is 3.95. The molecule has 1 aliphatic rings. The summed E-state index contributed by atoms with van der Waals surface area (Å²) in [6, 6.07) is 0. The number of aliphatic carboxylic acids is 1. The molecule has 0 aromatic rings. The third-order valence-electron chi connectivity index (χ3n) is 4.33. The number of hydrogen-bond acceptors (Lipinski definition) is 2. The molecule has 1 aliphatic heterocycles. The summed E-state index contributed by atoms with van der Waals surface area (Å²) in [4.78, 5) is 25.6. The molecule has 1 fully saturated rings. The minimum atomic E-state index is -0.740. The van der Waals surface area contributed by atoms with Gasteiger partial charge in [0.2, 0.25) is 5.91 Å². The van der Waals surface area contributed by atoms with Crippen molar-refractivity contribution < 1.29 is 14.7 Å². The summed E-state index contributed by atoms with van der Waals surface area (Å²) in [5.41, 5.74) is -0.710. The molecule has 4 heteroatoms. The Morgan fingerprint density at radius 3 is 2.58 bits per heavy atom. The van der Waals surface area contributed by atoms with Crippen LogP contribution in [-0.2, 0) is 9.59 Å². The van der Waals surface area contributed by atoms with Crippen LogP contribution in [0.15, 0.2) is 0 Å². The first kappa shape index (κ1) is 16.0. The average Bonchev–Trinajstić information content (AvgIpc) is 2.39. The number of likely N-dealkylation sites (tertiary alicyclic amines) is 1. The van der Waals surface area contributed by atoms with Gasteiger partial charge in [0.15, 0.2) is 0 Å². The van der Waals surface area contributed by atoms with E-state index >= 15 is 0 Å². The molecule has 0 saturated carbocycles. The van der Waals surface area contributed by atoms with Gasteiger partial charge in [0.1, 0.15) is 0 Å². The van der Waals surface area contributed by atoms with Crippen molar-refractivity contribution in [3.05, 3.63) is 0 Å². The second kappa shape index (κ2) is 6.92. The highest BCUT2D eigenvalue weighted by Gasteiger charge is 2.42. The Hall–Kier alpha value is -1.06. The van der Waals surface area contributed by atoms with E-state index < -0.39 is 11.4 Å². The molecule has 0 spiro atoms. The van der Waals surface area contributed by atoms with Crippen LogP contribution in [0.3, 0.4) is 0 Å². The molecule has 0 bridgehead atoms. The molecule has 110 valence electrons. The Kier molecular flexibility index (Phi) is 5.83. The maximum absolute atomic E-state index is 12.2. The first-order valence-corrected chi connectivity index (χ1v) is 7.46. The van der Waals surface area contributed by atoms with E-state index in [0.717, 1.165) is 19.3 Å². The summed E-state index contributed by atoms with van der Waals surface area (Å²) in [6.45, 7) is 7.26. The predicted octanol–water partition coefficient (Wildman–Crippen LogP) is 2.92. The first-order valence-electron chi connectivity index (χ1n) is 7.46. The zero-order chi connectivity index (χ0) is 14.5. The fourth-order valence-corrected chi connectivity index (χ4v) is 2.88. The van der Waals surface area contributed by atoms with Crippen LogP contribution in [0.5, 0.6) is 0 Å². The van der Waals surface area contributed by atoms with E-state index in [1.165, 1.54) is 0 Å². The molecule has 1 N–H and O–H groups in total. The van der Waals surface area contributed by atoms with Crippen molar-refractivity contribution in [2.24, 2.45) is 11.3 Å². The van der Waals surface area contributed by atoms with Gasteiger partial charge in [-0.1, -0.05) is 33.6 Å². The van der Waals surface area contributed by atoms with Gasteiger partial charge in [-0.2, -0.15) is 0 Å². The zero-order valence-electron chi connectivity index (χ0n) is 12.4. The van der Waals surface area contributed by atoms with Crippen molar-refractivity contribution in [3.63, 3.8) is 0 Å². The van der Waals surface area contributed by atoms with Crippen molar-refractivity contribution in [1.29, 1.82) is 0 Å². The number of carboxylic acid groups (broad SMARTS) is 1. The molecule has 1 amide bonds. The molecule has 0 aromatic carbocycles. The highest BCUT2D eigenvalue weighted by Crippen LogP contribution is 2.35. The van der Waals surface area contributed by atoms with Gasteiger partial charge in [-0.3, -0.25) is 9.59 Å². The van der Waals surface area contributed by atoms with Crippen LogP contribution in [0.4, 0.5) is 0 Å². The van der Waals surface area contributed by atoms with E-state index in [9.17, 15) is 14.7 Å². The van der Waals surface area contributed by atoms with Gasteiger partial charge >= 0.3 is 5.97 Å². The molecule has 0 radical (unpaired) electrons. The number of carbonyl (C=O) groups is 2. The SMILES string of the molecule is CCCC1(C(=O)O)CCCN(C(=O)CC(C)CC)C1. The topological polar surface area (TPSA) is 57.6 Å². The fourth-order valence-electron chi connectivity index (χ4n) is 2.88. The normalized spacial score (nSPS) is 25.1. The van der Waals surface area contributed by atoms with Crippen molar-refractivity contribution in [1.82, 2.24) is 4.90 Å². The van der Waals surface area contributed by atoms with E-state index in [-0.39, 0.29) is 5.91 Å². The number of carboxylic acids is 1. The van der Waals surface area contributed by atoms with E-state index in [1.807, 2.05) is 6.92 Å². The molecule has 1 heterocycles. The molecule has 1 saturated heterocycles. The quantitative estimate of drug-likeness (QED) is 0.806. The van der Waals surface area contributed by atoms with Crippen LogP contribution in [0.1, 0.15) is 59.3 Å². The zero-order valence-corrected chi connectivity index (χ0v) is 12.4. The Morgan fingerprint density at radius 1 is 1.37 bits per heavy atom. The first-order chi connectivity index (χ1) is 8.95. The average molecular weight is 269 g/mol. The van der Waals surface area contributed by atoms with Crippen LogP contribution >= 0.6 is 0 Å². The molecule has 2 atom stereocenters. The lowest BCUT2D eigenvalue weighted by Crippen LogP contribution is -2.50. The number of piperidine rings is 1. The number of rotatable bonds is 6. The largest absolute Gasteiger partial charge is 0.481 e. The third-order valence-corrected chi connectivity index (χ3v) is 4.33. The van der Waals surface area contributed by atoms with E-state index in [1.54, 1.807) is 4.90 Å². The number of hydrogen-bond donors (Lipinski definition) is 1. The van der Waals surface area contributed by atoms with Gasteiger partial charge < -0.3 is 10.0 Å². The van der Waals surface area contributed by atoms with Crippen LogP contribution < -0.4 is 0 Å². The van der Waals surface area contributed by atoms with Crippen LogP contribution in [-0.4, -0.2) is 35.0 Å². The summed E-state index contributed by atoms with van der Waals surface area (Å²) in [7, 11) is 0. The second-order valence-electron chi connectivity index (χ2n) is 5.97. The summed E-state index contributed by atoms with van der Waals surface area (Å²) in [5, 5.41) is 9.51. The second-order valence-corrected chi connectivity index (χ2v) is 5.97. The standard InChI is InChI=1S/C15H27NO3/c1-4-7-15(14(18)19)8-6-9-16(11-15)13(17)10-12(3)5-2/h12H,4-11H2,1-3H3,(H,18,19). The minimum Gasteiger partial charge on any atom is -0.481 e. The summed E-state index contributed by atoms with van der Waals surface area (Å²) < 4.78 is 0. The molecule has 0 aliphatic carbocycles. The Morgan fingerprint density at radius 2 is 2.05 bits per heavy atom. The molecular formula is C15H27NO3. The molecule has 0 aromatic heterocycles. The Labute approximate surface area is 116 Å². The Bertz CT molecular complexity index is 325.